The van der Waals surface area contributed by atoms with Gasteiger partial charge in [-0.3, -0.25) is 0 Å². The number of aromatic carboxylic acids is 1. The Hall–Kier alpha value is -2.86. The van der Waals surface area contributed by atoms with Crippen LogP contribution in [0, 0.1) is 5.92 Å². The van der Waals surface area contributed by atoms with Gasteiger partial charge in [-0.15, -0.1) is 0 Å². The number of allylic oxidation sites excluding steroid dienone is 1. The average Bonchev–Trinajstić information content (AvgIpc) is 3.24. The van der Waals surface area contributed by atoms with Gasteiger partial charge in [0.2, 0.25) is 5.76 Å². The maximum absolute atomic E-state index is 10.9. The Morgan fingerprint density at radius 1 is 1.07 bits per heavy atom. The molecule has 0 saturated carbocycles. The summed E-state index contributed by atoms with van der Waals surface area (Å²) < 4.78 is 17.6. The number of halogens is 1. The topological polar surface area (TPSA) is 68.9 Å². The van der Waals surface area contributed by atoms with E-state index in [2.05, 4.69) is 0 Å². The second-order valence-electron chi connectivity index (χ2n) is 7.06. The maximum atomic E-state index is 10.9. The van der Waals surface area contributed by atoms with Crippen LogP contribution >= 0.6 is 11.6 Å². The van der Waals surface area contributed by atoms with Crippen molar-refractivity contribution in [2.24, 2.45) is 5.92 Å². The van der Waals surface area contributed by atoms with Crippen LogP contribution in [0.25, 0.3) is 6.08 Å². The number of carboxylic acid groups (broad SMARTS) is 1. The predicted octanol–water partition coefficient (Wildman–Crippen LogP) is 6.14. The highest BCUT2D eigenvalue weighted by atomic mass is 35.5. The third kappa shape index (κ3) is 4.65. The van der Waals surface area contributed by atoms with E-state index in [4.69, 9.17) is 30.6 Å². The molecule has 0 spiro atoms. The van der Waals surface area contributed by atoms with Gasteiger partial charge in [0.1, 0.15) is 5.76 Å². The third-order valence-corrected chi connectivity index (χ3v) is 5.35. The summed E-state index contributed by atoms with van der Waals surface area (Å²) in [6.07, 6.45) is 3.70. The molecule has 3 unspecified atom stereocenters. The molecule has 0 aliphatic carbocycles. The summed E-state index contributed by atoms with van der Waals surface area (Å²) in [6, 6.07) is 20.6. The van der Waals surface area contributed by atoms with E-state index in [-0.39, 0.29) is 17.8 Å². The van der Waals surface area contributed by atoms with Crippen LogP contribution in [0.3, 0.4) is 0 Å². The van der Waals surface area contributed by atoms with E-state index in [1.807, 2.05) is 60.7 Å². The molecule has 1 aromatic heterocycles. The minimum atomic E-state index is -1.08. The fraction of sp³-hybridized carbons (Fsp3) is 0.208. The number of rotatable bonds is 6. The van der Waals surface area contributed by atoms with Crippen LogP contribution in [0.15, 0.2) is 77.2 Å². The molecule has 0 radical (unpaired) electrons. The predicted molar refractivity (Wildman–Crippen MR) is 113 cm³/mol. The van der Waals surface area contributed by atoms with Gasteiger partial charge in [-0.1, -0.05) is 66.2 Å². The number of hydrogen-bond donors (Lipinski definition) is 1. The standard InChI is InChI=1S/C24H21ClO5/c25-20-12-5-4-11-19(20)24-28-15-17(22(30-24)16-7-2-1-3-8-16)9-6-10-18-13-14-21(29-18)23(26)27/h1-8,10-14,17,22,24H,9,15H2,(H,26,27)/b10-6-. The minimum Gasteiger partial charge on any atom is -0.475 e. The third-order valence-electron chi connectivity index (χ3n) is 5.01. The summed E-state index contributed by atoms with van der Waals surface area (Å²) in [5.74, 6) is -0.589. The Morgan fingerprint density at radius 2 is 1.83 bits per heavy atom. The van der Waals surface area contributed by atoms with Gasteiger partial charge in [-0.25, -0.2) is 4.79 Å². The summed E-state index contributed by atoms with van der Waals surface area (Å²) in [6.45, 7) is 0.498. The van der Waals surface area contributed by atoms with Gasteiger partial charge in [0, 0.05) is 16.5 Å². The molecule has 154 valence electrons. The smallest absolute Gasteiger partial charge is 0.371 e. The summed E-state index contributed by atoms with van der Waals surface area (Å²) in [7, 11) is 0. The van der Waals surface area contributed by atoms with E-state index < -0.39 is 12.3 Å². The molecular weight excluding hydrogens is 404 g/mol. The highest BCUT2D eigenvalue weighted by Crippen LogP contribution is 2.41. The van der Waals surface area contributed by atoms with Gasteiger partial charge in [-0.05, 0) is 36.3 Å². The van der Waals surface area contributed by atoms with E-state index in [9.17, 15) is 4.79 Å². The molecule has 1 aliphatic heterocycles. The van der Waals surface area contributed by atoms with Gasteiger partial charge in [0.25, 0.3) is 0 Å². The summed E-state index contributed by atoms with van der Waals surface area (Å²) in [5, 5.41) is 9.58. The quantitative estimate of drug-likeness (QED) is 0.514. The van der Waals surface area contributed by atoms with E-state index in [1.54, 1.807) is 12.1 Å². The molecule has 3 atom stereocenters. The van der Waals surface area contributed by atoms with Crippen LogP contribution in [-0.2, 0) is 9.47 Å². The van der Waals surface area contributed by atoms with Crippen LogP contribution in [0.4, 0.5) is 0 Å². The van der Waals surface area contributed by atoms with Gasteiger partial charge < -0.3 is 19.0 Å². The van der Waals surface area contributed by atoms with E-state index in [0.717, 1.165) is 11.1 Å². The lowest BCUT2D eigenvalue weighted by Gasteiger charge is -2.37. The van der Waals surface area contributed by atoms with Gasteiger partial charge in [0.15, 0.2) is 6.29 Å². The number of benzene rings is 2. The highest BCUT2D eigenvalue weighted by molar-refractivity contribution is 6.31. The Balaban J connectivity index is 1.51. The van der Waals surface area contributed by atoms with Crippen molar-refractivity contribution in [1.82, 2.24) is 0 Å². The molecule has 1 N–H and O–H groups in total. The first-order valence-electron chi connectivity index (χ1n) is 9.68. The summed E-state index contributed by atoms with van der Waals surface area (Å²) in [5.41, 5.74) is 1.88. The fourth-order valence-corrected chi connectivity index (χ4v) is 3.74. The highest BCUT2D eigenvalue weighted by Gasteiger charge is 2.33. The largest absolute Gasteiger partial charge is 0.475 e. The van der Waals surface area contributed by atoms with E-state index >= 15 is 0 Å². The Bertz CT molecular complexity index is 1030. The normalized spacial score (nSPS) is 21.7. The van der Waals surface area contributed by atoms with Crippen LogP contribution in [-0.4, -0.2) is 17.7 Å². The van der Waals surface area contributed by atoms with Crippen molar-refractivity contribution in [3.05, 3.63) is 100 Å². The Kier molecular flexibility index (Phi) is 6.33. The number of carbonyl (C=O) groups is 1. The zero-order valence-electron chi connectivity index (χ0n) is 16.1. The van der Waals surface area contributed by atoms with Crippen LogP contribution < -0.4 is 0 Å². The second-order valence-corrected chi connectivity index (χ2v) is 7.47. The lowest BCUT2D eigenvalue weighted by molar-refractivity contribution is -0.243. The number of furan rings is 1. The van der Waals surface area contributed by atoms with Gasteiger partial charge >= 0.3 is 5.97 Å². The molecule has 4 rings (SSSR count). The van der Waals surface area contributed by atoms with Crippen LogP contribution in [0.5, 0.6) is 0 Å². The fourth-order valence-electron chi connectivity index (χ4n) is 3.51. The van der Waals surface area contributed by atoms with Crippen molar-refractivity contribution in [2.45, 2.75) is 18.8 Å². The number of hydrogen-bond acceptors (Lipinski definition) is 4. The average molecular weight is 425 g/mol. The Morgan fingerprint density at radius 3 is 2.57 bits per heavy atom. The van der Waals surface area contributed by atoms with Crippen molar-refractivity contribution < 1.29 is 23.8 Å². The molecule has 2 heterocycles. The molecule has 1 fully saturated rings. The minimum absolute atomic E-state index is 0.0799. The molecule has 1 saturated heterocycles. The van der Waals surface area contributed by atoms with Crippen LogP contribution in [0.2, 0.25) is 5.02 Å². The Labute approximate surface area is 179 Å². The van der Waals surface area contributed by atoms with E-state index in [1.165, 1.54) is 6.07 Å². The summed E-state index contributed by atoms with van der Waals surface area (Å²) in [4.78, 5) is 10.9. The maximum Gasteiger partial charge on any atom is 0.371 e. The first-order chi connectivity index (χ1) is 14.6. The zero-order chi connectivity index (χ0) is 20.9. The van der Waals surface area contributed by atoms with Crippen LogP contribution in [0.1, 0.15) is 46.3 Å². The molecular formula is C24H21ClO5. The zero-order valence-corrected chi connectivity index (χ0v) is 16.9. The molecule has 3 aromatic rings. The molecule has 0 bridgehead atoms. The summed E-state index contributed by atoms with van der Waals surface area (Å²) >= 11 is 6.34. The van der Waals surface area contributed by atoms with E-state index in [0.29, 0.717) is 23.8 Å². The monoisotopic (exact) mass is 424 g/mol. The molecule has 6 heteroatoms. The van der Waals surface area contributed by atoms with Crippen molar-refractivity contribution in [3.63, 3.8) is 0 Å². The first kappa shape index (κ1) is 20.4. The van der Waals surface area contributed by atoms with Crippen molar-refractivity contribution >= 4 is 23.6 Å². The molecule has 0 amide bonds. The van der Waals surface area contributed by atoms with Crippen molar-refractivity contribution in [2.75, 3.05) is 6.61 Å². The first-order valence-corrected chi connectivity index (χ1v) is 10.1. The van der Waals surface area contributed by atoms with Crippen molar-refractivity contribution in [3.8, 4) is 0 Å². The SMILES string of the molecule is O=C(O)c1ccc(/C=C\CC2COC(c3ccccc3Cl)OC2c2ccccc2)o1. The molecule has 2 aromatic carbocycles. The van der Waals surface area contributed by atoms with Crippen molar-refractivity contribution in [1.29, 1.82) is 0 Å². The van der Waals surface area contributed by atoms with Gasteiger partial charge in [-0.2, -0.15) is 0 Å². The lowest BCUT2D eigenvalue weighted by atomic mass is 9.92. The molecule has 1 aliphatic rings. The number of ether oxygens (including phenoxy) is 2. The molecule has 30 heavy (non-hydrogen) atoms. The molecule has 5 nitrogen and oxygen atoms in total. The second kappa shape index (κ2) is 9.30. The van der Waals surface area contributed by atoms with Gasteiger partial charge in [0.05, 0.1) is 12.7 Å². The number of carboxylic acids is 1. The lowest BCUT2D eigenvalue weighted by Crippen LogP contribution is -2.30.